The molecular weight excluding hydrogens is 473 g/mol. The maximum absolute atomic E-state index is 13.0. The molecule has 1 aromatic carbocycles. The van der Waals surface area contributed by atoms with Crippen molar-refractivity contribution in [3.05, 3.63) is 64.5 Å². The van der Waals surface area contributed by atoms with Crippen molar-refractivity contribution in [3.63, 3.8) is 0 Å². The molecule has 1 saturated carbocycles. The monoisotopic (exact) mass is 504 g/mol. The Labute approximate surface area is 208 Å². The molecule has 2 aromatic rings. The lowest BCUT2D eigenvalue weighted by Gasteiger charge is -2.48. The van der Waals surface area contributed by atoms with Gasteiger partial charge >= 0.3 is 6.18 Å². The van der Waals surface area contributed by atoms with Crippen LogP contribution < -0.4 is 10.6 Å². The summed E-state index contributed by atoms with van der Waals surface area (Å²) in [4.78, 5) is 31.1. The second-order valence-corrected chi connectivity index (χ2v) is 9.94. The van der Waals surface area contributed by atoms with Crippen LogP contribution in [-0.2, 0) is 16.6 Å². The number of nitrogens with zero attached hydrogens (tertiary/aromatic N) is 2. The van der Waals surface area contributed by atoms with Gasteiger partial charge in [-0.05, 0) is 69.4 Å². The molecule has 1 saturated heterocycles. The maximum atomic E-state index is 13.0. The molecule has 194 valence electrons. The maximum Gasteiger partial charge on any atom is 0.416 e. The van der Waals surface area contributed by atoms with E-state index in [0.717, 1.165) is 36.2 Å². The second-order valence-electron chi connectivity index (χ2n) is 9.94. The van der Waals surface area contributed by atoms with Crippen molar-refractivity contribution in [2.24, 2.45) is 0 Å². The van der Waals surface area contributed by atoms with Gasteiger partial charge in [0, 0.05) is 42.1 Å². The molecule has 1 aliphatic carbocycles. The van der Waals surface area contributed by atoms with Gasteiger partial charge in [0.25, 0.3) is 5.91 Å². The summed E-state index contributed by atoms with van der Waals surface area (Å²) in [5, 5.41) is 16.3. The Bertz CT molecular complexity index is 1110. The van der Waals surface area contributed by atoms with Gasteiger partial charge in [-0.3, -0.25) is 19.5 Å². The normalized spacial score (nSPS) is 23.1. The van der Waals surface area contributed by atoms with Crippen molar-refractivity contribution in [1.82, 2.24) is 20.5 Å². The van der Waals surface area contributed by atoms with E-state index in [0.29, 0.717) is 37.5 Å². The molecule has 2 aliphatic rings. The molecule has 2 fully saturated rings. The number of rotatable bonds is 6. The van der Waals surface area contributed by atoms with Crippen molar-refractivity contribution in [2.45, 2.75) is 63.4 Å². The van der Waals surface area contributed by atoms with E-state index in [1.807, 2.05) is 19.1 Å². The number of carbonyl (C=O) groups excluding carboxylic acids is 2. The minimum atomic E-state index is -4.55. The summed E-state index contributed by atoms with van der Waals surface area (Å²) in [6.45, 7) is 4.44. The summed E-state index contributed by atoms with van der Waals surface area (Å²) >= 11 is 0. The third-order valence-corrected chi connectivity index (χ3v) is 7.10. The molecule has 7 nitrogen and oxygen atoms in total. The van der Waals surface area contributed by atoms with E-state index in [-0.39, 0.29) is 24.1 Å². The van der Waals surface area contributed by atoms with Gasteiger partial charge in [-0.2, -0.15) is 13.2 Å². The number of nitrogens with one attached hydrogen (secondary N) is 2. The molecule has 4 rings (SSSR count). The molecule has 0 bridgehead atoms. The Balaban J connectivity index is 1.19. The number of carbonyl (C=O) groups is 2. The topological polar surface area (TPSA) is 94.6 Å². The highest BCUT2D eigenvalue weighted by Gasteiger charge is 2.40. The number of alkyl halides is 3. The molecule has 0 spiro atoms. The van der Waals surface area contributed by atoms with Gasteiger partial charge in [0.2, 0.25) is 5.91 Å². The Kier molecular flexibility index (Phi) is 7.38. The summed E-state index contributed by atoms with van der Waals surface area (Å²) in [7, 11) is 0. The Morgan fingerprint density at radius 3 is 2.44 bits per heavy atom. The largest absolute Gasteiger partial charge is 0.416 e. The SMILES string of the molecule is Cc1cc(C(=O)NCC(=O)NC2CN(C3CCC(O)(c4ccc(C)nc4)CC3)C2)cc(C(F)(F)F)c1. The Morgan fingerprint density at radius 1 is 1.14 bits per heavy atom. The van der Waals surface area contributed by atoms with Crippen LogP contribution in [0.1, 0.15) is 58.4 Å². The van der Waals surface area contributed by atoms with Crippen LogP contribution in [-0.4, -0.2) is 58.5 Å². The number of halogens is 3. The molecule has 0 atom stereocenters. The van der Waals surface area contributed by atoms with Crippen LogP contribution in [0.2, 0.25) is 0 Å². The van der Waals surface area contributed by atoms with Gasteiger partial charge in [0.05, 0.1) is 23.8 Å². The van der Waals surface area contributed by atoms with E-state index in [4.69, 9.17) is 0 Å². The number of amides is 2. The molecule has 2 amide bonds. The van der Waals surface area contributed by atoms with Crippen molar-refractivity contribution in [2.75, 3.05) is 19.6 Å². The van der Waals surface area contributed by atoms with Crippen LogP contribution in [0.4, 0.5) is 13.2 Å². The van der Waals surface area contributed by atoms with Crippen LogP contribution >= 0.6 is 0 Å². The van der Waals surface area contributed by atoms with E-state index >= 15 is 0 Å². The van der Waals surface area contributed by atoms with E-state index in [2.05, 4.69) is 20.5 Å². The predicted octanol–water partition coefficient (Wildman–Crippen LogP) is 3.08. The lowest BCUT2D eigenvalue weighted by Crippen LogP contribution is -2.63. The lowest BCUT2D eigenvalue weighted by molar-refractivity contribution is -0.137. The summed E-state index contributed by atoms with van der Waals surface area (Å²) in [6.07, 6.45) is 0.185. The van der Waals surface area contributed by atoms with E-state index < -0.39 is 23.2 Å². The first-order valence-corrected chi connectivity index (χ1v) is 12.1. The number of hydrogen-bond donors (Lipinski definition) is 3. The quantitative estimate of drug-likeness (QED) is 0.562. The lowest BCUT2D eigenvalue weighted by atomic mass is 9.77. The van der Waals surface area contributed by atoms with Crippen LogP contribution in [0.15, 0.2) is 36.5 Å². The van der Waals surface area contributed by atoms with Crippen molar-refractivity contribution >= 4 is 11.8 Å². The zero-order valence-corrected chi connectivity index (χ0v) is 20.4. The highest BCUT2D eigenvalue weighted by Crippen LogP contribution is 2.39. The average Bonchev–Trinajstić information content (AvgIpc) is 2.80. The number of aliphatic hydroxyl groups is 1. The Morgan fingerprint density at radius 2 is 1.83 bits per heavy atom. The zero-order valence-electron chi connectivity index (χ0n) is 20.4. The molecule has 1 aromatic heterocycles. The van der Waals surface area contributed by atoms with Gasteiger partial charge in [0.15, 0.2) is 0 Å². The number of benzene rings is 1. The average molecular weight is 505 g/mol. The number of aromatic nitrogens is 1. The fraction of sp³-hybridized carbons (Fsp3) is 0.500. The molecule has 1 aliphatic heterocycles. The minimum Gasteiger partial charge on any atom is -0.385 e. The second kappa shape index (κ2) is 10.2. The van der Waals surface area contributed by atoms with Crippen LogP contribution in [0.25, 0.3) is 0 Å². The third kappa shape index (κ3) is 6.04. The van der Waals surface area contributed by atoms with Crippen LogP contribution in [0, 0.1) is 13.8 Å². The van der Waals surface area contributed by atoms with Gasteiger partial charge < -0.3 is 15.7 Å². The first-order chi connectivity index (χ1) is 16.9. The van der Waals surface area contributed by atoms with Gasteiger partial charge in [-0.25, -0.2) is 0 Å². The summed E-state index contributed by atoms with van der Waals surface area (Å²) in [6, 6.07) is 7.24. The van der Waals surface area contributed by atoms with E-state index in [1.165, 1.54) is 13.0 Å². The molecule has 0 unspecified atom stereocenters. The number of likely N-dealkylation sites (tertiary alicyclic amines) is 1. The summed E-state index contributed by atoms with van der Waals surface area (Å²) < 4.78 is 39.0. The molecular formula is C26H31F3N4O3. The molecule has 2 heterocycles. The first-order valence-electron chi connectivity index (χ1n) is 12.1. The number of aryl methyl sites for hydroxylation is 2. The predicted molar refractivity (Wildman–Crippen MR) is 127 cm³/mol. The van der Waals surface area contributed by atoms with E-state index in [1.54, 1.807) is 6.20 Å². The zero-order chi connectivity index (χ0) is 26.1. The number of hydrogen-bond acceptors (Lipinski definition) is 5. The standard InChI is InChI=1S/C26H31F3N4O3/c1-16-9-18(11-20(10-16)26(27,28)29)24(35)31-13-23(34)32-21-14-33(15-21)22-5-7-25(36,8-6-22)19-4-3-17(2)30-12-19/h3-4,9-12,21-22,36H,5-8,13-15H2,1-2H3,(H,31,35)(H,32,34). The first kappa shape index (κ1) is 26.1. The summed E-state index contributed by atoms with van der Waals surface area (Å²) in [5.41, 5.74) is 0.182. The van der Waals surface area contributed by atoms with E-state index in [9.17, 15) is 27.9 Å². The fourth-order valence-electron chi connectivity index (χ4n) is 5.00. The van der Waals surface area contributed by atoms with Crippen LogP contribution in [0.3, 0.4) is 0 Å². The molecule has 36 heavy (non-hydrogen) atoms. The fourth-order valence-corrected chi connectivity index (χ4v) is 5.00. The van der Waals surface area contributed by atoms with Crippen molar-refractivity contribution < 1.29 is 27.9 Å². The third-order valence-electron chi connectivity index (χ3n) is 7.10. The highest BCUT2D eigenvalue weighted by atomic mass is 19.4. The number of pyridine rings is 1. The van der Waals surface area contributed by atoms with Gasteiger partial charge in [-0.15, -0.1) is 0 Å². The highest BCUT2D eigenvalue weighted by molar-refractivity contribution is 5.96. The molecule has 10 heteroatoms. The Hall–Kier alpha value is -2.98. The molecule has 3 N–H and O–H groups in total. The van der Waals surface area contributed by atoms with Crippen molar-refractivity contribution in [3.8, 4) is 0 Å². The smallest absolute Gasteiger partial charge is 0.385 e. The van der Waals surface area contributed by atoms with Gasteiger partial charge in [-0.1, -0.05) is 6.07 Å². The van der Waals surface area contributed by atoms with Crippen LogP contribution in [0.5, 0.6) is 0 Å². The molecule has 0 radical (unpaired) electrons. The van der Waals surface area contributed by atoms with Crippen molar-refractivity contribution in [1.29, 1.82) is 0 Å². The van der Waals surface area contributed by atoms with Gasteiger partial charge in [0.1, 0.15) is 0 Å². The minimum absolute atomic E-state index is 0.0488. The summed E-state index contributed by atoms with van der Waals surface area (Å²) in [5.74, 6) is -1.12.